The number of carbonyl (C=O) groups is 1. The first-order valence-electron chi connectivity index (χ1n) is 9.32. The van der Waals surface area contributed by atoms with Gasteiger partial charge in [0.05, 0.1) is 0 Å². The van der Waals surface area contributed by atoms with Crippen LogP contribution in [0.25, 0.3) is 11.1 Å². The van der Waals surface area contributed by atoms with E-state index in [0.717, 1.165) is 23.1 Å². The molecule has 0 aliphatic carbocycles. The predicted molar refractivity (Wildman–Crippen MR) is 113 cm³/mol. The van der Waals surface area contributed by atoms with Gasteiger partial charge in [0.2, 0.25) is 0 Å². The van der Waals surface area contributed by atoms with Crippen molar-refractivity contribution in [3.05, 3.63) is 83.9 Å². The Hall–Kier alpha value is -3.54. The van der Waals surface area contributed by atoms with Crippen LogP contribution in [0.3, 0.4) is 0 Å². The monoisotopic (exact) mass is 486 g/mol. The highest BCUT2D eigenvalue weighted by Crippen LogP contribution is 3.02. The molecule has 12 heteroatoms. The zero-order valence-corrected chi connectivity index (χ0v) is 17.7. The van der Waals surface area contributed by atoms with Gasteiger partial charge in [0.15, 0.2) is 11.5 Å². The Morgan fingerprint density at radius 2 is 1.61 bits per heavy atom. The van der Waals surface area contributed by atoms with Gasteiger partial charge in [0.25, 0.3) is 5.91 Å². The smallest absolute Gasteiger partial charge is 0.310 e. The van der Waals surface area contributed by atoms with Crippen molar-refractivity contribution in [1.29, 1.82) is 0 Å². The van der Waals surface area contributed by atoms with E-state index in [9.17, 15) is 28.6 Å². The summed E-state index contributed by atoms with van der Waals surface area (Å²) in [7, 11) is -8.63. The molecule has 0 saturated heterocycles. The van der Waals surface area contributed by atoms with Crippen LogP contribution in [0.2, 0.25) is 0 Å². The summed E-state index contributed by atoms with van der Waals surface area (Å²) in [5, 5.41) is 0. The van der Waals surface area contributed by atoms with E-state index in [-0.39, 0.29) is 34.8 Å². The minimum absolute atomic E-state index is 0.0553. The molecule has 0 saturated carbocycles. The Morgan fingerprint density at radius 3 is 2.12 bits per heavy atom. The summed E-state index contributed by atoms with van der Waals surface area (Å²) in [5.74, 6) is -1.64. The van der Waals surface area contributed by atoms with Crippen LogP contribution in [0.1, 0.15) is 11.1 Å². The number of nitrogens with two attached hydrogens (primary N) is 1. The van der Waals surface area contributed by atoms with Crippen molar-refractivity contribution in [3.63, 3.8) is 0 Å². The molecule has 3 aromatic rings. The maximum absolute atomic E-state index is 14.6. The summed E-state index contributed by atoms with van der Waals surface area (Å²) in [6.07, 6.45) is 2.87. The first kappa shape index (κ1) is 22.6. The zero-order chi connectivity index (χ0) is 24.3. The lowest BCUT2D eigenvalue weighted by molar-refractivity contribution is -0.129. The SMILES string of the molecule is CN1C(=O)C(c2ccc(S(F)(F)(F)(F)F)cc2)(c2ccc(F)c(-c3cccnc3)c2)N=C1N. The van der Waals surface area contributed by atoms with Gasteiger partial charge >= 0.3 is 10.2 Å². The number of hydrogen-bond acceptors (Lipinski definition) is 4. The third kappa shape index (κ3) is 3.80. The topological polar surface area (TPSA) is 71.6 Å². The normalized spacial score (nSPS) is 20.9. The molecule has 0 fully saturated rings. The molecule has 4 rings (SSSR count). The molecule has 2 aromatic carbocycles. The highest BCUT2D eigenvalue weighted by molar-refractivity contribution is 8.45. The molecule has 1 aliphatic rings. The van der Waals surface area contributed by atoms with Crippen molar-refractivity contribution in [2.24, 2.45) is 10.7 Å². The zero-order valence-electron chi connectivity index (χ0n) is 16.9. The Morgan fingerprint density at radius 1 is 0.970 bits per heavy atom. The molecule has 5 nitrogen and oxygen atoms in total. The second kappa shape index (κ2) is 6.50. The van der Waals surface area contributed by atoms with Crippen LogP contribution in [0.4, 0.5) is 23.8 Å². The van der Waals surface area contributed by atoms with Gasteiger partial charge in [-0.05, 0) is 41.5 Å². The number of nitrogens with zero attached hydrogens (tertiary/aromatic N) is 3. The van der Waals surface area contributed by atoms with Gasteiger partial charge in [-0.3, -0.25) is 14.7 Å². The molecule has 174 valence electrons. The van der Waals surface area contributed by atoms with Crippen LogP contribution in [0, 0.1) is 5.82 Å². The van der Waals surface area contributed by atoms with Crippen molar-refractivity contribution in [2.45, 2.75) is 10.4 Å². The molecule has 0 bridgehead atoms. The molecule has 1 unspecified atom stereocenters. The standard InChI is InChI=1S/C21H16F6N4OS/c1-31-19(32)21(30-20(31)28,14-4-7-16(8-5-14)33(23,24,25,26)27)15-6-9-18(22)17(11-15)13-3-2-10-29-12-13/h2-12H,1H3,(H2,28,30). The highest BCUT2D eigenvalue weighted by Gasteiger charge is 2.65. The first-order valence-corrected chi connectivity index (χ1v) is 11.3. The number of rotatable bonds is 4. The van der Waals surface area contributed by atoms with Crippen LogP contribution < -0.4 is 5.73 Å². The Bertz CT molecular complexity index is 1300. The molecule has 1 aromatic heterocycles. The molecule has 1 aliphatic heterocycles. The number of guanidine groups is 1. The Kier molecular flexibility index (Phi) is 4.46. The fourth-order valence-corrected chi connectivity index (χ4v) is 4.28. The number of carbonyl (C=O) groups excluding carboxylic acids is 1. The van der Waals surface area contributed by atoms with Gasteiger partial charge < -0.3 is 5.73 Å². The maximum atomic E-state index is 14.6. The van der Waals surface area contributed by atoms with Crippen LogP contribution in [0.5, 0.6) is 0 Å². The van der Waals surface area contributed by atoms with E-state index in [4.69, 9.17) is 5.73 Å². The number of benzene rings is 2. The lowest BCUT2D eigenvalue weighted by Crippen LogP contribution is -2.41. The molecule has 33 heavy (non-hydrogen) atoms. The predicted octanol–water partition coefficient (Wildman–Crippen LogP) is 5.58. The Balaban J connectivity index is 1.95. The van der Waals surface area contributed by atoms with Gasteiger partial charge in [-0.25, -0.2) is 9.38 Å². The van der Waals surface area contributed by atoms with Crippen LogP contribution in [0.15, 0.2) is 76.9 Å². The summed E-state index contributed by atoms with van der Waals surface area (Å²) >= 11 is 0. The molecule has 0 radical (unpaired) electrons. The fourth-order valence-electron chi connectivity index (χ4n) is 3.63. The average Bonchev–Trinajstić information content (AvgIpc) is 2.98. The second-order valence-corrected chi connectivity index (χ2v) is 9.88. The van der Waals surface area contributed by atoms with E-state index < -0.39 is 32.4 Å². The van der Waals surface area contributed by atoms with Gasteiger partial charge in [0.1, 0.15) is 10.7 Å². The van der Waals surface area contributed by atoms with E-state index in [0.29, 0.717) is 5.56 Å². The molecule has 0 spiro atoms. The number of aromatic nitrogens is 1. The van der Waals surface area contributed by atoms with Crippen molar-refractivity contribution in [3.8, 4) is 11.1 Å². The third-order valence-corrected chi connectivity index (χ3v) is 6.48. The summed E-state index contributed by atoms with van der Waals surface area (Å²) < 4.78 is 80.6. The van der Waals surface area contributed by atoms with Crippen LogP contribution >= 0.6 is 10.2 Å². The number of amides is 1. The second-order valence-electron chi connectivity index (χ2n) is 7.47. The summed E-state index contributed by atoms with van der Waals surface area (Å²) in [5.41, 5.74) is 4.18. The number of halogens is 6. The van der Waals surface area contributed by atoms with Gasteiger partial charge in [-0.15, -0.1) is 0 Å². The number of aliphatic imine (C=N–C) groups is 1. The first-order chi connectivity index (χ1) is 15.1. The minimum Gasteiger partial charge on any atom is -0.369 e. The fraction of sp³-hybridized carbons (Fsp3) is 0.0952. The average molecular weight is 486 g/mol. The molecule has 2 N–H and O–H groups in total. The van der Waals surface area contributed by atoms with Crippen molar-refractivity contribution in [2.75, 3.05) is 7.05 Å². The Labute approximate surface area is 184 Å². The van der Waals surface area contributed by atoms with E-state index in [1.54, 1.807) is 12.1 Å². The summed E-state index contributed by atoms with van der Waals surface area (Å²) in [6.45, 7) is 0. The maximum Gasteiger partial charge on any atom is 0.310 e. The number of hydrogen-bond donors (Lipinski definition) is 1. The summed E-state index contributed by atoms with van der Waals surface area (Å²) in [6, 6.07) is 8.64. The van der Waals surface area contributed by atoms with Gasteiger partial charge in [-0.1, -0.05) is 43.7 Å². The largest absolute Gasteiger partial charge is 0.369 e. The van der Waals surface area contributed by atoms with Crippen molar-refractivity contribution in [1.82, 2.24) is 9.88 Å². The lowest BCUT2D eigenvalue weighted by atomic mass is 9.81. The van der Waals surface area contributed by atoms with Crippen LogP contribution in [-0.4, -0.2) is 28.8 Å². The van der Waals surface area contributed by atoms with E-state index in [2.05, 4.69) is 9.98 Å². The van der Waals surface area contributed by atoms with Gasteiger partial charge in [0, 0.05) is 30.6 Å². The lowest BCUT2D eigenvalue weighted by Gasteiger charge is -2.40. The minimum atomic E-state index is -9.93. The van der Waals surface area contributed by atoms with E-state index >= 15 is 0 Å². The van der Waals surface area contributed by atoms with Crippen LogP contribution in [-0.2, 0) is 10.3 Å². The molecule has 1 amide bonds. The van der Waals surface area contributed by atoms with Crippen molar-refractivity contribution < 1.29 is 28.6 Å². The highest BCUT2D eigenvalue weighted by atomic mass is 32.5. The molecular formula is C21H16F6N4OS. The van der Waals surface area contributed by atoms with Gasteiger partial charge in [-0.2, -0.15) is 0 Å². The van der Waals surface area contributed by atoms with E-state index in [1.165, 1.54) is 31.6 Å². The number of likely N-dealkylation sites (N-methyl/N-ethyl adjacent to an activating group) is 1. The van der Waals surface area contributed by atoms with Crippen molar-refractivity contribution >= 4 is 22.1 Å². The summed E-state index contributed by atoms with van der Waals surface area (Å²) in [4.78, 5) is 20.2. The molecule has 2 heterocycles. The quantitative estimate of drug-likeness (QED) is 0.490. The molecular weight excluding hydrogens is 470 g/mol. The molecule has 1 atom stereocenters. The number of pyridine rings is 1. The van der Waals surface area contributed by atoms with E-state index in [1.807, 2.05) is 0 Å². The third-order valence-electron chi connectivity index (χ3n) is 5.31.